The van der Waals surface area contributed by atoms with Crippen molar-refractivity contribution in [2.75, 3.05) is 26.8 Å². The van der Waals surface area contributed by atoms with Gasteiger partial charge in [-0.1, -0.05) is 0 Å². The van der Waals surface area contributed by atoms with Crippen LogP contribution in [0.3, 0.4) is 0 Å². The van der Waals surface area contributed by atoms with E-state index in [1.807, 2.05) is 33.8 Å². The number of benzene rings is 1. The molecule has 3 aliphatic rings. The maximum absolute atomic E-state index is 13.4. The summed E-state index contributed by atoms with van der Waals surface area (Å²) in [5, 5.41) is 8.41. The summed E-state index contributed by atoms with van der Waals surface area (Å²) in [4.78, 5) is 15.4. The predicted octanol–water partition coefficient (Wildman–Crippen LogP) is 1.92. The summed E-state index contributed by atoms with van der Waals surface area (Å²) < 4.78 is 12.8. The number of aromatic nitrogens is 2. The Morgan fingerprint density at radius 2 is 2.04 bits per heavy atom. The zero-order valence-electron chi connectivity index (χ0n) is 16.2. The second-order valence-corrected chi connectivity index (χ2v) is 7.86. The number of carbonyl (C=O) groups is 1. The third-order valence-corrected chi connectivity index (χ3v) is 6.15. The van der Waals surface area contributed by atoms with Crippen molar-refractivity contribution >= 4 is 5.91 Å². The van der Waals surface area contributed by atoms with E-state index in [1.54, 1.807) is 7.11 Å². The summed E-state index contributed by atoms with van der Waals surface area (Å²) in [5.41, 5.74) is 3.50. The molecule has 2 saturated heterocycles. The number of amides is 1. The van der Waals surface area contributed by atoms with Crippen LogP contribution in [0.4, 0.5) is 0 Å². The molecule has 1 aromatic carbocycles. The van der Waals surface area contributed by atoms with E-state index in [-0.39, 0.29) is 5.91 Å². The number of carbonyl (C=O) groups excluding carboxylic acids is 1. The molecule has 0 saturated carbocycles. The van der Waals surface area contributed by atoms with Crippen LogP contribution in [0, 0.1) is 0 Å². The van der Waals surface area contributed by atoms with E-state index in [4.69, 9.17) is 14.6 Å². The van der Waals surface area contributed by atoms with E-state index in [0.717, 1.165) is 55.0 Å². The molecular formula is C21H26N4O3. The number of ether oxygens (including phenoxy) is 2. The van der Waals surface area contributed by atoms with Crippen molar-refractivity contribution < 1.29 is 14.3 Å². The van der Waals surface area contributed by atoms with Crippen molar-refractivity contribution in [3.63, 3.8) is 0 Å². The van der Waals surface area contributed by atoms with Crippen LogP contribution in [0.15, 0.2) is 24.3 Å². The van der Waals surface area contributed by atoms with Gasteiger partial charge in [0.1, 0.15) is 5.75 Å². The fraction of sp³-hybridized carbons (Fsp3) is 0.524. The van der Waals surface area contributed by atoms with Crippen LogP contribution in [-0.2, 0) is 17.8 Å². The van der Waals surface area contributed by atoms with Gasteiger partial charge < -0.3 is 19.7 Å². The second kappa shape index (κ2) is 7.22. The Hall–Kier alpha value is -2.38. The van der Waals surface area contributed by atoms with Crippen molar-refractivity contribution in [1.29, 1.82) is 0 Å². The molecule has 148 valence electrons. The monoisotopic (exact) mass is 382 g/mol. The molecule has 1 N–H and O–H groups in total. The first kappa shape index (κ1) is 17.7. The van der Waals surface area contributed by atoms with Gasteiger partial charge in [-0.25, -0.2) is 4.68 Å². The number of likely N-dealkylation sites (tertiary alicyclic amines) is 1. The van der Waals surface area contributed by atoms with Gasteiger partial charge in [0.15, 0.2) is 5.69 Å². The van der Waals surface area contributed by atoms with Crippen LogP contribution in [0.2, 0.25) is 0 Å². The van der Waals surface area contributed by atoms with Crippen LogP contribution in [0.5, 0.6) is 5.75 Å². The zero-order valence-corrected chi connectivity index (χ0v) is 16.2. The largest absolute Gasteiger partial charge is 0.497 e. The lowest BCUT2D eigenvalue weighted by atomic mass is 10.1. The summed E-state index contributed by atoms with van der Waals surface area (Å²) in [7, 11) is 1.65. The molecule has 2 bridgehead atoms. The lowest BCUT2D eigenvalue weighted by molar-refractivity contribution is 0.0729. The summed E-state index contributed by atoms with van der Waals surface area (Å²) in [6.07, 6.45) is 4.14. The Labute approximate surface area is 164 Å². The van der Waals surface area contributed by atoms with Gasteiger partial charge in [0.2, 0.25) is 0 Å². The molecule has 2 unspecified atom stereocenters. The Balaban J connectivity index is 1.48. The van der Waals surface area contributed by atoms with Gasteiger partial charge in [0.05, 0.1) is 31.7 Å². The standard InChI is InChI=1S/C21H26N4O3/c1-27-17-6-4-16(5-7-17)25-19-9-11-28-13-18(19)20(23-25)21(26)24-10-8-14-2-3-15(12-24)22-14/h4-7,14-15,22H,2-3,8-13H2,1H3. The third-order valence-electron chi connectivity index (χ3n) is 6.15. The third kappa shape index (κ3) is 3.08. The maximum Gasteiger partial charge on any atom is 0.274 e. The Morgan fingerprint density at radius 3 is 2.86 bits per heavy atom. The molecular weight excluding hydrogens is 356 g/mol. The number of fused-ring (bicyclic) bond motifs is 3. The Bertz CT molecular complexity index is 877. The van der Waals surface area contributed by atoms with E-state index < -0.39 is 0 Å². The minimum Gasteiger partial charge on any atom is -0.497 e. The number of rotatable bonds is 3. The van der Waals surface area contributed by atoms with Gasteiger partial charge in [-0.05, 0) is 43.5 Å². The zero-order chi connectivity index (χ0) is 19.1. The van der Waals surface area contributed by atoms with E-state index in [0.29, 0.717) is 31.0 Å². The molecule has 0 aliphatic carbocycles. The van der Waals surface area contributed by atoms with Gasteiger partial charge in [-0.15, -0.1) is 0 Å². The van der Waals surface area contributed by atoms with Crippen LogP contribution < -0.4 is 10.1 Å². The van der Waals surface area contributed by atoms with Gasteiger partial charge in [0, 0.05) is 37.2 Å². The number of hydrogen-bond acceptors (Lipinski definition) is 5. The van der Waals surface area contributed by atoms with Crippen LogP contribution in [-0.4, -0.2) is 59.5 Å². The topological polar surface area (TPSA) is 68.6 Å². The fourth-order valence-corrected chi connectivity index (χ4v) is 4.62. The summed E-state index contributed by atoms with van der Waals surface area (Å²) in [6, 6.07) is 8.75. The maximum atomic E-state index is 13.4. The van der Waals surface area contributed by atoms with Crippen molar-refractivity contribution in [2.45, 2.75) is 44.4 Å². The molecule has 2 fully saturated rings. The highest BCUT2D eigenvalue weighted by molar-refractivity contribution is 5.94. The van der Waals surface area contributed by atoms with Crippen LogP contribution in [0.1, 0.15) is 41.0 Å². The minimum absolute atomic E-state index is 0.0309. The molecule has 3 aliphatic heterocycles. The highest BCUT2D eigenvalue weighted by Gasteiger charge is 2.34. The SMILES string of the molecule is COc1ccc(-n2nc(C(=O)N3CCC4CCC(C3)N4)c3c2CCOC3)cc1. The normalized spacial score (nSPS) is 24.0. The molecule has 1 aromatic heterocycles. The minimum atomic E-state index is 0.0309. The van der Waals surface area contributed by atoms with Gasteiger partial charge in [0.25, 0.3) is 5.91 Å². The first-order valence-electron chi connectivity index (χ1n) is 10.1. The first-order chi connectivity index (χ1) is 13.7. The Morgan fingerprint density at radius 1 is 1.21 bits per heavy atom. The molecule has 5 rings (SSSR count). The van der Waals surface area contributed by atoms with Crippen LogP contribution >= 0.6 is 0 Å². The number of methoxy groups -OCH3 is 1. The van der Waals surface area contributed by atoms with Gasteiger partial charge >= 0.3 is 0 Å². The number of nitrogens with zero attached hydrogens (tertiary/aromatic N) is 3. The molecule has 0 spiro atoms. The summed E-state index contributed by atoms with van der Waals surface area (Å²) in [5.74, 6) is 0.833. The molecule has 2 atom stereocenters. The van der Waals surface area contributed by atoms with E-state index in [9.17, 15) is 4.79 Å². The molecule has 7 heteroatoms. The highest BCUT2D eigenvalue weighted by atomic mass is 16.5. The molecule has 1 amide bonds. The van der Waals surface area contributed by atoms with E-state index >= 15 is 0 Å². The summed E-state index contributed by atoms with van der Waals surface area (Å²) in [6.45, 7) is 2.66. The second-order valence-electron chi connectivity index (χ2n) is 7.86. The summed E-state index contributed by atoms with van der Waals surface area (Å²) >= 11 is 0. The van der Waals surface area contributed by atoms with Gasteiger partial charge in [-0.2, -0.15) is 5.10 Å². The fourth-order valence-electron chi connectivity index (χ4n) is 4.62. The van der Waals surface area contributed by atoms with Gasteiger partial charge in [-0.3, -0.25) is 4.79 Å². The van der Waals surface area contributed by atoms with Crippen LogP contribution in [0.25, 0.3) is 5.69 Å². The lowest BCUT2D eigenvalue weighted by Gasteiger charge is -2.24. The molecule has 7 nitrogen and oxygen atoms in total. The molecule has 2 aromatic rings. The number of nitrogens with one attached hydrogen (secondary N) is 1. The first-order valence-corrected chi connectivity index (χ1v) is 10.1. The van der Waals surface area contributed by atoms with E-state index in [1.165, 1.54) is 6.42 Å². The lowest BCUT2D eigenvalue weighted by Crippen LogP contribution is -2.39. The van der Waals surface area contributed by atoms with Crippen molar-refractivity contribution in [3.8, 4) is 11.4 Å². The van der Waals surface area contributed by atoms with Crippen molar-refractivity contribution in [2.24, 2.45) is 0 Å². The Kier molecular flexibility index (Phi) is 4.56. The highest BCUT2D eigenvalue weighted by Crippen LogP contribution is 2.27. The number of hydrogen-bond donors (Lipinski definition) is 1. The van der Waals surface area contributed by atoms with E-state index in [2.05, 4.69) is 5.32 Å². The average molecular weight is 382 g/mol. The molecule has 4 heterocycles. The quantitative estimate of drug-likeness (QED) is 0.878. The molecule has 0 radical (unpaired) electrons. The van der Waals surface area contributed by atoms with Crippen molar-refractivity contribution in [3.05, 3.63) is 41.2 Å². The van der Waals surface area contributed by atoms with Crippen molar-refractivity contribution in [1.82, 2.24) is 20.0 Å². The molecule has 28 heavy (non-hydrogen) atoms. The average Bonchev–Trinajstić information content (AvgIpc) is 3.27. The predicted molar refractivity (Wildman–Crippen MR) is 104 cm³/mol. The smallest absolute Gasteiger partial charge is 0.274 e.